The summed E-state index contributed by atoms with van der Waals surface area (Å²) >= 11 is 0. The van der Waals surface area contributed by atoms with Crippen molar-refractivity contribution in [2.45, 2.75) is 29.5 Å². The summed E-state index contributed by atoms with van der Waals surface area (Å²) in [5.74, 6) is -7.31. The van der Waals surface area contributed by atoms with Crippen LogP contribution in [0.15, 0.2) is 12.1 Å². The molecule has 0 rings (SSSR count). The van der Waals surface area contributed by atoms with Gasteiger partial charge < -0.3 is 4.74 Å². The average molecular weight is 446 g/mol. The van der Waals surface area contributed by atoms with Crippen molar-refractivity contribution in [3.63, 3.8) is 0 Å². The Labute approximate surface area is 132 Å². The molecule has 0 spiro atoms. The number of halogens is 14. The van der Waals surface area contributed by atoms with Gasteiger partial charge in [-0.1, -0.05) is 3.89 Å². The molecule has 1 atom stereocenters. The monoisotopic (exact) mass is 446 g/mol. The van der Waals surface area contributed by atoms with E-state index in [1.807, 2.05) is 4.74 Å². The van der Waals surface area contributed by atoms with Crippen molar-refractivity contribution in [2.24, 2.45) is 0 Å². The highest BCUT2D eigenvalue weighted by molar-refractivity contribution is 7.87. The number of hydrogen-bond donors (Lipinski definition) is 0. The van der Waals surface area contributed by atoms with Crippen LogP contribution in [0.5, 0.6) is 0 Å². The average Bonchev–Trinajstić information content (AvgIpc) is 2.33. The first kappa shape index (κ1) is 24.5. The van der Waals surface area contributed by atoms with E-state index in [2.05, 4.69) is 0 Å². The first-order valence-corrected chi connectivity index (χ1v) is 6.35. The molecule has 4 nitrogen and oxygen atoms in total. The van der Waals surface area contributed by atoms with Crippen molar-refractivity contribution in [3.8, 4) is 0 Å². The van der Waals surface area contributed by atoms with Gasteiger partial charge in [0.15, 0.2) is 0 Å². The molecule has 0 heterocycles. The van der Waals surface area contributed by atoms with E-state index in [0.717, 1.165) is 0 Å². The minimum atomic E-state index is -7.84. The standard InChI is InChI=1S/C7F14O4S/c8-1(9)2(10)24-3(11,4(12,13)14)5(15,16)25-6(17,18)7(19,20)26(21,22)23. The predicted octanol–water partition coefficient (Wildman–Crippen LogP) is 4.36. The fourth-order valence-corrected chi connectivity index (χ4v) is 1.20. The Morgan fingerprint density at radius 3 is 1.38 bits per heavy atom. The molecule has 26 heavy (non-hydrogen) atoms. The highest BCUT2D eigenvalue weighted by Gasteiger charge is 2.81. The largest absolute Gasteiger partial charge is 0.470 e. The van der Waals surface area contributed by atoms with Gasteiger partial charge in [0.2, 0.25) is 0 Å². The zero-order valence-corrected chi connectivity index (χ0v) is 11.6. The fraction of sp³-hybridized carbons (Fsp3) is 0.714. The van der Waals surface area contributed by atoms with Gasteiger partial charge >= 0.3 is 51.8 Å². The van der Waals surface area contributed by atoms with E-state index in [9.17, 15) is 69.4 Å². The Hall–Kier alpha value is -1.53. The van der Waals surface area contributed by atoms with E-state index in [0.29, 0.717) is 0 Å². The topological polar surface area (TPSA) is 52.6 Å². The molecule has 0 aliphatic rings. The lowest BCUT2D eigenvalue weighted by Gasteiger charge is -2.35. The second-order valence-electron chi connectivity index (χ2n) is 3.82. The summed E-state index contributed by atoms with van der Waals surface area (Å²) in [6, 6.07) is -4.05. The number of alkyl halides is 10. The third kappa shape index (κ3) is 4.23. The van der Waals surface area contributed by atoms with Gasteiger partial charge in [-0.05, 0) is 0 Å². The first-order valence-electron chi connectivity index (χ1n) is 4.97. The lowest BCUT2D eigenvalue weighted by molar-refractivity contribution is -0.505. The molecule has 0 saturated carbocycles. The van der Waals surface area contributed by atoms with Gasteiger partial charge in [-0.15, -0.1) is 0 Å². The van der Waals surface area contributed by atoms with E-state index >= 15 is 0 Å². The van der Waals surface area contributed by atoms with Crippen LogP contribution in [0.4, 0.5) is 61.0 Å². The Morgan fingerprint density at radius 2 is 1.12 bits per heavy atom. The highest BCUT2D eigenvalue weighted by Crippen LogP contribution is 2.52. The summed E-state index contributed by atoms with van der Waals surface area (Å²) in [6.45, 7) is 0. The molecule has 1 unspecified atom stereocenters. The van der Waals surface area contributed by atoms with Crippen molar-refractivity contribution in [2.75, 3.05) is 0 Å². The van der Waals surface area contributed by atoms with Crippen molar-refractivity contribution >= 4 is 10.2 Å². The molecule has 0 radical (unpaired) electrons. The first-order chi connectivity index (χ1) is 11.0. The molecule has 156 valence electrons. The minimum absolute atomic E-state index is 1.40. The quantitative estimate of drug-likeness (QED) is 0.332. The maximum Gasteiger partial charge on any atom is 0.470 e. The lowest BCUT2D eigenvalue weighted by atomic mass is 10.2. The van der Waals surface area contributed by atoms with Crippen LogP contribution in [0.2, 0.25) is 0 Å². The van der Waals surface area contributed by atoms with Gasteiger partial charge in [-0.2, -0.15) is 65.5 Å². The summed E-state index contributed by atoms with van der Waals surface area (Å²) in [6.07, 6.45) is -26.4. The zero-order chi connectivity index (χ0) is 21.6. The molecule has 0 saturated heterocycles. The van der Waals surface area contributed by atoms with Gasteiger partial charge in [-0.25, -0.2) is 4.74 Å². The van der Waals surface area contributed by atoms with Crippen LogP contribution in [0.3, 0.4) is 0 Å². The van der Waals surface area contributed by atoms with Crippen molar-refractivity contribution in [3.05, 3.63) is 12.1 Å². The summed E-state index contributed by atoms with van der Waals surface area (Å²) in [5, 5.41) is -7.31. The van der Waals surface area contributed by atoms with Crippen molar-refractivity contribution in [1.29, 1.82) is 0 Å². The fourth-order valence-electron chi connectivity index (χ4n) is 0.872. The predicted molar refractivity (Wildman–Crippen MR) is 47.3 cm³/mol. The van der Waals surface area contributed by atoms with E-state index in [-0.39, 0.29) is 0 Å². The zero-order valence-electron chi connectivity index (χ0n) is 10.8. The summed E-state index contributed by atoms with van der Waals surface area (Å²) < 4.78 is 196. The van der Waals surface area contributed by atoms with Crippen molar-refractivity contribution in [1.82, 2.24) is 0 Å². The van der Waals surface area contributed by atoms with Gasteiger partial charge in [0.1, 0.15) is 0 Å². The van der Waals surface area contributed by atoms with Gasteiger partial charge in [0, 0.05) is 0 Å². The molecule has 0 aromatic heterocycles. The van der Waals surface area contributed by atoms with Gasteiger partial charge in [0.05, 0.1) is 0 Å². The Bertz CT molecular complexity index is 661. The third-order valence-electron chi connectivity index (χ3n) is 2.02. The Kier molecular flexibility index (Phi) is 6.18. The number of hydrogen-bond acceptors (Lipinski definition) is 4. The number of ether oxygens (including phenoxy) is 2. The van der Waals surface area contributed by atoms with Crippen LogP contribution >= 0.6 is 0 Å². The maximum atomic E-state index is 13.3. The van der Waals surface area contributed by atoms with Crippen molar-refractivity contribution < 1.29 is 78.9 Å². The number of rotatable bonds is 7. The van der Waals surface area contributed by atoms with E-state index < -0.39 is 51.8 Å². The van der Waals surface area contributed by atoms with Crippen LogP contribution in [0.25, 0.3) is 0 Å². The van der Waals surface area contributed by atoms with E-state index in [1.54, 1.807) is 0 Å². The minimum Gasteiger partial charge on any atom is -0.414 e. The molecule has 19 heteroatoms. The summed E-state index contributed by atoms with van der Waals surface area (Å²) in [5.41, 5.74) is 0. The summed E-state index contributed by atoms with van der Waals surface area (Å²) in [7, 11) is -7.84. The molecular formula is C7F14O4S. The Morgan fingerprint density at radius 1 is 0.731 bits per heavy atom. The molecule has 0 aliphatic carbocycles. The molecule has 0 aromatic carbocycles. The molecular weight excluding hydrogens is 446 g/mol. The SMILES string of the molecule is O=S(=O)(F)C(F)(F)C(F)(F)OC(F)(F)C(F)(OC(F)=C(F)F)C(F)(F)F. The highest BCUT2D eigenvalue weighted by atomic mass is 32.3. The second kappa shape index (κ2) is 6.57. The molecule has 0 amide bonds. The van der Waals surface area contributed by atoms with Crippen LogP contribution in [-0.4, -0.2) is 37.9 Å². The third-order valence-corrected chi connectivity index (χ3v) is 2.87. The van der Waals surface area contributed by atoms with Crippen LogP contribution < -0.4 is 0 Å². The van der Waals surface area contributed by atoms with E-state index in [4.69, 9.17) is 0 Å². The van der Waals surface area contributed by atoms with Crippen LogP contribution in [0, 0.1) is 0 Å². The van der Waals surface area contributed by atoms with E-state index in [1.165, 1.54) is 4.74 Å². The normalized spacial score (nSPS) is 16.8. The maximum absolute atomic E-state index is 13.3. The second-order valence-corrected chi connectivity index (χ2v) is 5.21. The lowest BCUT2D eigenvalue weighted by Crippen LogP contribution is -2.62. The van der Waals surface area contributed by atoms with Crippen LogP contribution in [-0.2, 0) is 19.7 Å². The molecule has 0 bridgehead atoms. The molecule has 0 aromatic rings. The summed E-state index contributed by atoms with van der Waals surface area (Å²) in [4.78, 5) is 0. The smallest absolute Gasteiger partial charge is 0.414 e. The van der Waals surface area contributed by atoms with Crippen LogP contribution in [0.1, 0.15) is 0 Å². The molecule has 0 aliphatic heterocycles. The molecule has 0 fully saturated rings. The van der Waals surface area contributed by atoms with Gasteiger partial charge in [0.25, 0.3) is 0 Å². The van der Waals surface area contributed by atoms with Gasteiger partial charge in [-0.3, -0.25) is 0 Å². The Balaban J connectivity index is 6.27. The molecule has 0 N–H and O–H groups in total.